The summed E-state index contributed by atoms with van der Waals surface area (Å²) >= 11 is 4.68. The molecule has 3 rings (SSSR count). The van der Waals surface area contributed by atoms with E-state index in [1.54, 1.807) is 10.9 Å². The van der Waals surface area contributed by atoms with Gasteiger partial charge >= 0.3 is 0 Å². The van der Waals surface area contributed by atoms with Gasteiger partial charge in [-0.3, -0.25) is 4.79 Å². The number of primary amides is 1. The third-order valence-corrected chi connectivity index (χ3v) is 4.31. The van der Waals surface area contributed by atoms with Gasteiger partial charge in [-0.2, -0.15) is 5.10 Å². The highest BCUT2D eigenvalue weighted by Crippen LogP contribution is 2.25. The fraction of sp³-hybridized carbons (Fsp3) is 0.0769. The molecule has 2 aromatic heterocycles. The number of aromatic nitrogens is 4. The van der Waals surface area contributed by atoms with Crippen molar-refractivity contribution >= 4 is 44.6 Å². The van der Waals surface area contributed by atoms with E-state index >= 15 is 0 Å². The van der Waals surface area contributed by atoms with Crippen LogP contribution in [0.5, 0.6) is 0 Å². The van der Waals surface area contributed by atoms with Crippen molar-refractivity contribution in [2.24, 2.45) is 5.73 Å². The first-order valence-electron chi connectivity index (χ1n) is 6.01. The smallest absolute Gasteiger partial charge is 0.227 e. The van der Waals surface area contributed by atoms with E-state index in [0.29, 0.717) is 10.7 Å². The second-order valence-corrected chi connectivity index (χ2v) is 6.08. The molecule has 0 unspecified atom stereocenters. The van der Waals surface area contributed by atoms with Crippen molar-refractivity contribution in [2.45, 2.75) is 5.03 Å². The van der Waals surface area contributed by atoms with Crippen molar-refractivity contribution in [3.63, 3.8) is 0 Å². The zero-order valence-corrected chi connectivity index (χ0v) is 13.1. The molecule has 2 N–H and O–H groups in total. The maximum atomic E-state index is 10.9. The third-order valence-electron chi connectivity index (χ3n) is 2.75. The Kier molecular flexibility index (Phi) is 3.89. The molecule has 8 heteroatoms. The molecule has 21 heavy (non-hydrogen) atoms. The van der Waals surface area contributed by atoms with E-state index in [1.807, 2.05) is 24.3 Å². The number of amides is 1. The summed E-state index contributed by atoms with van der Waals surface area (Å²) in [4.78, 5) is 19.4. The molecule has 1 aromatic carbocycles. The van der Waals surface area contributed by atoms with E-state index in [4.69, 9.17) is 5.73 Å². The van der Waals surface area contributed by atoms with E-state index in [0.717, 1.165) is 15.5 Å². The van der Waals surface area contributed by atoms with Gasteiger partial charge in [-0.05, 0) is 24.3 Å². The predicted octanol–water partition coefficient (Wildman–Crippen LogP) is 2.16. The molecule has 2 heterocycles. The topological polar surface area (TPSA) is 86.7 Å². The highest BCUT2D eigenvalue weighted by atomic mass is 79.9. The van der Waals surface area contributed by atoms with Gasteiger partial charge < -0.3 is 5.73 Å². The van der Waals surface area contributed by atoms with E-state index in [-0.39, 0.29) is 11.7 Å². The molecule has 3 aromatic rings. The minimum Gasteiger partial charge on any atom is -0.369 e. The first-order chi connectivity index (χ1) is 10.1. The lowest BCUT2D eigenvalue weighted by Crippen LogP contribution is -2.13. The van der Waals surface area contributed by atoms with Crippen LogP contribution < -0.4 is 5.73 Å². The first kappa shape index (κ1) is 14.0. The number of hydrogen-bond donors (Lipinski definition) is 1. The fourth-order valence-corrected chi connectivity index (χ4v) is 2.81. The van der Waals surface area contributed by atoms with Crippen LogP contribution in [-0.2, 0) is 4.79 Å². The second kappa shape index (κ2) is 5.82. The zero-order valence-electron chi connectivity index (χ0n) is 10.7. The van der Waals surface area contributed by atoms with Gasteiger partial charge in [0.25, 0.3) is 0 Å². The SMILES string of the molecule is NC(=O)CSc1ncnc2c1cnn2-c1ccc(Br)cc1. The number of fused-ring (bicyclic) bond motifs is 1. The highest BCUT2D eigenvalue weighted by molar-refractivity contribution is 9.10. The minimum absolute atomic E-state index is 0.176. The number of rotatable bonds is 4. The Morgan fingerprint density at radius 1 is 1.29 bits per heavy atom. The Balaban J connectivity index is 2.04. The fourth-order valence-electron chi connectivity index (χ4n) is 1.85. The van der Waals surface area contributed by atoms with Crippen molar-refractivity contribution < 1.29 is 4.79 Å². The van der Waals surface area contributed by atoms with Crippen LogP contribution in [0.4, 0.5) is 0 Å². The van der Waals surface area contributed by atoms with Crippen molar-refractivity contribution in [1.29, 1.82) is 0 Å². The number of carbonyl (C=O) groups excluding carboxylic acids is 1. The van der Waals surface area contributed by atoms with Crippen LogP contribution in [0.2, 0.25) is 0 Å². The summed E-state index contributed by atoms with van der Waals surface area (Å²) < 4.78 is 2.73. The number of nitrogens with zero attached hydrogens (tertiary/aromatic N) is 4. The molecule has 0 atom stereocenters. The summed E-state index contributed by atoms with van der Waals surface area (Å²) in [7, 11) is 0. The maximum Gasteiger partial charge on any atom is 0.227 e. The summed E-state index contributed by atoms with van der Waals surface area (Å²) in [5, 5.41) is 5.85. The van der Waals surface area contributed by atoms with Gasteiger partial charge in [0, 0.05) is 4.47 Å². The largest absolute Gasteiger partial charge is 0.369 e. The summed E-state index contributed by atoms with van der Waals surface area (Å²) in [5.41, 5.74) is 6.76. The molecule has 0 fully saturated rings. The summed E-state index contributed by atoms with van der Waals surface area (Å²) in [6.45, 7) is 0. The number of carbonyl (C=O) groups is 1. The molecule has 0 saturated heterocycles. The maximum absolute atomic E-state index is 10.9. The van der Waals surface area contributed by atoms with Crippen LogP contribution in [0.15, 0.2) is 46.3 Å². The third kappa shape index (κ3) is 2.91. The minimum atomic E-state index is -0.382. The number of halogens is 1. The van der Waals surface area contributed by atoms with E-state index in [9.17, 15) is 4.79 Å². The molecular weight excluding hydrogens is 354 g/mol. The predicted molar refractivity (Wildman–Crippen MR) is 84.3 cm³/mol. The van der Waals surface area contributed by atoms with Gasteiger partial charge in [0.05, 0.1) is 23.0 Å². The number of hydrogen-bond acceptors (Lipinski definition) is 5. The van der Waals surface area contributed by atoms with Gasteiger partial charge in [0.1, 0.15) is 11.4 Å². The van der Waals surface area contributed by atoms with Gasteiger partial charge in [-0.1, -0.05) is 27.7 Å². The Morgan fingerprint density at radius 2 is 2.05 bits per heavy atom. The van der Waals surface area contributed by atoms with E-state index in [2.05, 4.69) is 31.0 Å². The molecule has 0 aliphatic heterocycles. The Labute approximate surface area is 132 Å². The van der Waals surface area contributed by atoms with Crippen LogP contribution in [0.3, 0.4) is 0 Å². The molecular formula is C13H10BrN5OS. The van der Waals surface area contributed by atoms with Crippen LogP contribution in [0.1, 0.15) is 0 Å². The lowest BCUT2D eigenvalue weighted by Gasteiger charge is -2.03. The van der Waals surface area contributed by atoms with E-state index < -0.39 is 0 Å². The second-order valence-electron chi connectivity index (χ2n) is 4.20. The summed E-state index contributed by atoms with van der Waals surface area (Å²) in [5.74, 6) is -0.206. The zero-order chi connectivity index (χ0) is 14.8. The van der Waals surface area contributed by atoms with Crippen molar-refractivity contribution in [1.82, 2.24) is 19.7 Å². The number of benzene rings is 1. The lowest BCUT2D eigenvalue weighted by atomic mass is 10.3. The van der Waals surface area contributed by atoms with E-state index in [1.165, 1.54) is 18.1 Å². The molecule has 106 valence electrons. The molecule has 0 aliphatic rings. The number of nitrogens with two attached hydrogens (primary N) is 1. The van der Waals surface area contributed by atoms with Crippen LogP contribution >= 0.6 is 27.7 Å². The standard InChI is InChI=1S/C13H10BrN5OS/c14-8-1-3-9(4-2-8)19-12-10(5-18-19)13(17-7-16-12)21-6-11(15)20/h1-5,7H,6H2,(H2,15,20). The molecule has 6 nitrogen and oxygen atoms in total. The average Bonchev–Trinajstić information content (AvgIpc) is 2.90. The van der Waals surface area contributed by atoms with Crippen LogP contribution in [0.25, 0.3) is 16.7 Å². The van der Waals surface area contributed by atoms with Crippen molar-refractivity contribution in [3.8, 4) is 5.69 Å². The monoisotopic (exact) mass is 363 g/mol. The molecule has 1 amide bonds. The van der Waals surface area contributed by atoms with Gasteiger partial charge in [-0.15, -0.1) is 0 Å². The van der Waals surface area contributed by atoms with Gasteiger partial charge in [0.2, 0.25) is 5.91 Å². The average molecular weight is 364 g/mol. The lowest BCUT2D eigenvalue weighted by molar-refractivity contribution is -0.115. The Bertz CT molecular complexity index is 802. The Morgan fingerprint density at radius 3 is 2.76 bits per heavy atom. The molecule has 0 spiro atoms. The first-order valence-corrected chi connectivity index (χ1v) is 7.79. The van der Waals surface area contributed by atoms with Crippen molar-refractivity contribution in [3.05, 3.63) is 41.3 Å². The van der Waals surface area contributed by atoms with Crippen LogP contribution in [-0.4, -0.2) is 31.4 Å². The van der Waals surface area contributed by atoms with Crippen molar-refractivity contribution in [2.75, 3.05) is 5.75 Å². The quantitative estimate of drug-likeness (QED) is 0.566. The number of thioether (sulfide) groups is 1. The summed E-state index contributed by atoms with van der Waals surface area (Å²) in [6, 6.07) is 7.75. The Hall–Kier alpha value is -1.93. The van der Waals surface area contributed by atoms with Gasteiger partial charge in [0.15, 0.2) is 5.65 Å². The van der Waals surface area contributed by atoms with Gasteiger partial charge in [-0.25, -0.2) is 14.6 Å². The summed E-state index contributed by atoms with van der Waals surface area (Å²) in [6.07, 6.45) is 3.16. The normalized spacial score (nSPS) is 10.9. The molecule has 0 saturated carbocycles. The molecule has 0 radical (unpaired) electrons. The van der Waals surface area contributed by atoms with Crippen LogP contribution in [0, 0.1) is 0 Å². The molecule has 0 bridgehead atoms. The molecule has 0 aliphatic carbocycles. The highest BCUT2D eigenvalue weighted by Gasteiger charge is 2.12.